The summed E-state index contributed by atoms with van der Waals surface area (Å²) < 4.78 is 6.08. The van der Waals surface area contributed by atoms with Gasteiger partial charge in [0.15, 0.2) is 0 Å². The molecule has 2 saturated heterocycles. The normalized spacial score (nSPS) is 22.2. The summed E-state index contributed by atoms with van der Waals surface area (Å²) in [5.41, 5.74) is 4.95. The maximum Gasteiger partial charge on any atom is 0.117 e. The van der Waals surface area contributed by atoms with Crippen molar-refractivity contribution in [3.63, 3.8) is 0 Å². The molecule has 5 rings (SSSR count). The van der Waals surface area contributed by atoms with E-state index in [9.17, 15) is 0 Å². The molecule has 5 heteroatoms. The molecule has 0 bridgehead atoms. The molecule has 0 amide bonds. The highest BCUT2D eigenvalue weighted by Crippen LogP contribution is 2.33. The molecule has 0 radical (unpaired) electrons. The molecule has 176 valence electrons. The zero-order valence-corrected chi connectivity index (χ0v) is 20.5. The van der Waals surface area contributed by atoms with Gasteiger partial charge in [-0.3, -0.25) is 5.32 Å². The number of benzene rings is 2. The number of nitrogens with one attached hydrogen (secondary N) is 2. The zero-order valence-electron chi connectivity index (χ0n) is 20.5. The van der Waals surface area contributed by atoms with E-state index >= 15 is 0 Å². The molecular formula is C28H38N4O. The highest BCUT2D eigenvalue weighted by Gasteiger charge is 2.41. The smallest absolute Gasteiger partial charge is 0.117 e. The summed E-state index contributed by atoms with van der Waals surface area (Å²) in [4.78, 5) is 11.0. The fraction of sp³-hybridized carbons (Fsp3) is 0.536. The second-order valence-corrected chi connectivity index (χ2v) is 11.1. The van der Waals surface area contributed by atoms with Gasteiger partial charge in [-0.1, -0.05) is 50.2 Å². The second kappa shape index (κ2) is 8.86. The van der Waals surface area contributed by atoms with Crippen molar-refractivity contribution in [1.29, 1.82) is 0 Å². The lowest BCUT2D eigenvalue weighted by Gasteiger charge is -2.33. The van der Waals surface area contributed by atoms with Crippen LogP contribution in [0.4, 0.5) is 0 Å². The van der Waals surface area contributed by atoms with Gasteiger partial charge in [-0.05, 0) is 69.5 Å². The number of hydrogen-bond donors (Lipinski definition) is 2. The maximum absolute atomic E-state index is 6.08. The van der Waals surface area contributed by atoms with Crippen molar-refractivity contribution in [2.75, 3.05) is 26.2 Å². The first kappa shape index (κ1) is 22.6. The highest BCUT2D eigenvalue weighted by atomic mass is 16.5. The van der Waals surface area contributed by atoms with E-state index in [0.717, 1.165) is 49.5 Å². The molecule has 2 aromatic carbocycles. The largest absolute Gasteiger partial charge is 0.361 e. The molecule has 1 aromatic heterocycles. The highest BCUT2D eigenvalue weighted by molar-refractivity contribution is 5.74. The molecule has 5 nitrogen and oxygen atoms in total. The number of fused-ring (bicyclic) bond motifs is 1. The number of likely N-dealkylation sites (tertiary alicyclic amines) is 1. The van der Waals surface area contributed by atoms with Crippen LogP contribution in [0.5, 0.6) is 0 Å². The van der Waals surface area contributed by atoms with Crippen molar-refractivity contribution in [1.82, 2.24) is 20.2 Å². The van der Waals surface area contributed by atoms with Gasteiger partial charge in [-0.2, -0.15) is 0 Å². The van der Waals surface area contributed by atoms with Crippen LogP contribution in [0.2, 0.25) is 0 Å². The van der Waals surface area contributed by atoms with E-state index < -0.39 is 0 Å². The van der Waals surface area contributed by atoms with Crippen LogP contribution < -0.4 is 5.32 Å². The number of para-hydroxylation sites is 2. The van der Waals surface area contributed by atoms with Crippen LogP contribution in [0.3, 0.4) is 0 Å². The van der Waals surface area contributed by atoms with Gasteiger partial charge in [0, 0.05) is 23.4 Å². The molecule has 2 aliphatic heterocycles. The summed E-state index contributed by atoms with van der Waals surface area (Å²) in [6.07, 6.45) is 3.50. The summed E-state index contributed by atoms with van der Waals surface area (Å²) in [6.45, 7) is 13.1. The van der Waals surface area contributed by atoms with Crippen molar-refractivity contribution in [2.45, 2.75) is 70.1 Å². The van der Waals surface area contributed by atoms with Gasteiger partial charge in [0.1, 0.15) is 12.1 Å². The number of hydrogen-bond acceptors (Lipinski definition) is 4. The first-order valence-electron chi connectivity index (χ1n) is 12.5. The molecule has 2 N–H and O–H groups in total. The third-order valence-corrected chi connectivity index (χ3v) is 7.58. The van der Waals surface area contributed by atoms with Crippen LogP contribution >= 0.6 is 0 Å². The molecule has 3 heterocycles. The first-order chi connectivity index (χ1) is 15.8. The van der Waals surface area contributed by atoms with Gasteiger partial charge in [0.2, 0.25) is 0 Å². The van der Waals surface area contributed by atoms with Crippen molar-refractivity contribution < 1.29 is 4.74 Å². The number of aromatic nitrogens is 2. The predicted octanol–water partition coefficient (Wildman–Crippen LogP) is 4.99. The minimum Gasteiger partial charge on any atom is -0.361 e. The molecule has 1 atom stereocenters. The first-order valence-corrected chi connectivity index (χ1v) is 12.5. The van der Waals surface area contributed by atoms with Gasteiger partial charge in [-0.25, -0.2) is 4.98 Å². The Balaban J connectivity index is 1.12. The Labute approximate surface area is 197 Å². The number of imidazole rings is 1. The van der Waals surface area contributed by atoms with Crippen LogP contribution in [0.1, 0.15) is 63.4 Å². The van der Waals surface area contributed by atoms with E-state index in [1.54, 1.807) is 0 Å². The molecule has 0 spiro atoms. The Morgan fingerprint density at radius 2 is 1.79 bits per heavy atom. The van der Waals surface area contributed by atoms with E-state index in [1.165, 1.54) is 24.0 Å². The maximum atomic E-state index is 6.08. The van der Waals surface area contributed by atoms with Crippen LogP contribution in [0.25, 0.3) is 11.0 Å². The Hall–Kier alpha value is -2.21. The van der Waals surface area contributed by atoms with Crippen LogP contribution in [-0.4, -0.2) is 52.9 Å². The van der Waals surface area contributed by atoms with Gasteiger partial charge in [0.05, 0.1) is 17.6 Å². The molecule has 0 saturated carbocycles. The van der Waals surface area contributed by atoms with Gasteiger partial charge in [-0.15, -0.1) is 0 Å². The average molecular weight is 447 g/mol. The van der Waals surface area contributed by atoms with Crippen molar-refractivity contribution in [3.05, 3.63) is 65.5 Å². The van der Waals surface area contributed by atoms with Gasteiger partial charge < -0.3 is 14.6 Å². The number of aromatic amines is 1. The Bertz CT molecular complexity index is 1040. The Kier molecular flexibility index (Phi) is 6.06. The molecule has 2 aliphatic rings. The molecule has 3 aromatic rings. The Morgan fingerprint density at radius 3 is 2.45 bits per heavy atom. The average Bonchev–Trinajstić information content (AvgIpc) is 3.41. The summed E-state index contributed by atoms with van der Waals surface area (Å²) >= 11 is 0. The monoisotopic (exact) mass is 446 g/mol. The Morgan fingerprint density at radius 1 is 1.06 bits per heavy atom. The number of ether oxygens (including phenoxy) is 1. The van der Waals surface area contributed by atoms with E-state index in [1.807, 2.05) is 0 Å². The summed E-state index contributed by atoms with van der Waals surface area (Å²) in [7, 11) is 0. The van der Waals surface area contributed by atoms with E-state index in [2.05, 4.69) is 91.4 Å². The van der Waals surface area contributed by atoms with Gasteiger partial charge >= 0.3 is 0 Å². The summed E-state index contributed by atoms with van der Waals surface area (Å²) in [5.74, 6) is 1.71. The quantitative estimate of drug-likeness (QED) is 0.560. The number of piperidine rings is 1. The summed E-state index contributed by atoms with van der Waals surface area (Å²) in [6, 6.07) is 17.5. The minimum atomic E-state index is -0.0646. The molecule has 1 unspecified atom stereocenters. The topological polar surface area (TPSA) is 53.2 Å². The van der Waals surface area contributed by atoms with Crippen molar-refractivity contribution in [2.24, 2.45) is 0 Å². The predicted molar refractivity (Wildman–Crippen MR) is 135 cm³/mol. The number of nitrogens with zero attached hydrogens (tertiary/aromatic N) is 2. The zero-order chi connectivity index (χ0) is 23.1. The van der Waals surface area contributed by atoms with E-state index in [4.69, 9.17) is 9.72 Å². The molecular weight excluding hydrogens is 408 g/mol. The number of H-pyrrole nitrogens is 1. The van der Waals surface area contributed by atoms with Crippen LogP contribution in [0, 0.1) is 0 Å². The summed E-state index contributed by atoms with van der Waals surface area (Å²) in [5, 5.41) is 3.64. The lowest BCUT2D eigenvalue weighted by atomic mass is 9.82. The van der Waals surface area contributed by atoms with E-state index in [0.29, 0.717) is 5.92 Å². The third-order valence-electron chi connectivity index (χ3n) is 7.58. The van der Waals surface area contributed by atoms with Crippen molar-refractivity contribution >= 4 is 11.0 Å². The second-order valence-electron chi connectivity index (χ2n) is 11.1. The molecule has 0 aliphatic carbocycles. The SMILES string of the molecule is CC1(C)COC(C(C)(C)c2ccc(CCN3CCC(c4nc5ccccc5[nH]4)CC3)cc2)N1. The fourth-order valence-electron chi connectivity index (χ4n) is 5.25. The van der Waals surface area contributed by atoms with Crippen molar-refractivity contribution in [3.8, 4) is 0 Å². The minimum absolute atomic E-state index is 0.0414. The van der Waals surface area contributed by atoms with Gasteiger partial charge in [0.25, 0.3) is 0 Å². The van der Waals surface area contributed by atoms with Crippen LogP contribution in [0.15, 0.2) is 48.5 Å². The number of rotatable bonds is 6. The standard InChI is InChI=1S/C28H38N4O/c1-27(2)19-33-26(31-27)28(3,4)22-11-9-20(10-12-22)13-16-32-17-14-21(15-18-32)25-29-23-7-5-6-8-24(23)30-25/h5-12,21,26,31H,13-19H2,1-4H3,(H,29,30). The third kappa shape index (κ3) is 4.86. The lowest BCUT2D eigenvalue weighted by molar-refractivity contribution is 0.0451. The fourth-order valence-corrected chi connectivity index (χ4v) is 5.25. The van der Waals surface area contributed by atoms with E-state index in [-0.39, 0.29) is 17.2 Å². The van der Waals surface area contributed by atoms with Crippen LogP contribution in [-0.2, 0) is 16.6 Å². The lowest BCUT2D eigenvalue weighted by Crippen LogP contribution is -2.47. The molecule has 2 fully saturated rings. The molecule has 33 heavy (non-hydrogen) atoms.